The third-order valence-electron chi connectivity index (χ3n) is 4.86. The summed E-state index contributed by atoms with van der Waals surface area (Å²) in [6.07, 6.45) is 2.60. The van der Waals surface area contributed by atoms with E-state index in [2.05, 4.69) is 25.9 Å². The van der Waals surface area contributed by atoms with E-state index in [0.29, 0.717) is 25.3 Å². The van der Waals surface area contributed by atoms with Gasteiger partial charge >= 0.3 is 0 Å². The average molecular weight is 379 g/mol. The predicted octanol–water partition coefficient (Wildman–Crippen LogP) is 0.981. The number of carbonyl (C=O) groups is 1. The Balaban J connectivity index is 1.42. The molecule has 0 spiro atoms. The molecule has 0 saturated carbocycles. The first-order chi connectivity index (χ1) is 13.7. The summed E-state index contributed by atoms with van der Waals surface area (Å²) >= 11 is 0. The highest BCUT2D eigenvalue weighted by molar-refractivity contribution is 5.82. The molecule has 0 bridgehead atoms. The summed E-state index contributed by atoms with van der Waals surface area (Å²) in [5, 5.41) is 19.0. The van der Waals surface area contributed by atoms with Crippen molar-refractivity contribution in [2.45, 2.75) is 38.3 Å². The van der Waals surface area contributed by atoms with E-state index in [0.717, 1.165) is 30.6 Å². The van der Waals surface area contributed by atoms with Gasteiger partial charge in [0, 0.05) is 24.7 Å². The van der Waals surface area contributed by atoms with E-state index >= 15 is 0 Å². The zero-order valence-corrected chi connectivity index (χ0v) is 15.4. The normalized spacial score (nSPS) is 16.2. The molecule has 1 aliphatic rings. The molecule has 0 radical (unpaired) electrons. The van der Waals surface area contributed by atoms with Crippen LogP contribution in [-0.2, 0) is 17.9 Å². The van der Waals surface area contributed by atoms with Crippen molar-refractivity contribution in [2.24, 2.45) is 0 Å². The van der Waals surface area contributed by atoms with Gasteiger partial charge in [-0.05, 0) is 29.3 Å². The molecule has 1 N–H and O–H groups in total. The lowest BCUT2D eigenvalue weighted by molar-refractivity contribution is -0.122. The molecule has 1 aliphatic heterocycles. The minimum atomic E-state index is -0.363. The molecular formula is C19H21N7O2. The Bertz CT molecular complexity index is 1010. The summed E-state index contributed by atoms with van der Waals surface area (Å²) in [4.78, 5) is 24.8. The first-order valence-electron chi connectivity index (χ1n) is 9.40. The van der Waals surface area contributed by atoms with Crippen molar-refractivity contribution < 1.29 is 4.79 Å². The van der Waals surface area contributed by atoms with Crippen LogP contribution in [0.4, 0.5) is 0 Å². The van der Waals surface area contributed by atoms with Crippen LogP contribution >= 0.6 is 0 Å². The maximum absolute atomic E-state index is 12.6. The van der Waals surface area contributed by atoms with Crippen molar-refractivity contribution >= 4 is 5.91 Å². The lowest BCUT2D eigenvalue weighted by Crippen LogP contribution is -2.35. The van der Waals surface area contributed by atoms with E-state index < -0.39 is 0 Å². The SMILES string of the molecule is O=C(NCCn1nc(-c2ccccc2)ccc1=O)[C@H]1CCCCn2nnnc21. The van der Waals surface area contributed by atoms with Crippen LogP contribution in [0.1, 0.15) is 31.0 Å². The average Bonchev–Trinajstić information content (AvgIpc) is 3.09. The van der Waals surface area contributed by atoms with E-state index in [1.165, 1.54) is 10.7 Å². The van der Waals surface area contributed by atoms with Gasteiger partial charge < -0.3 is 5.32 Å². The lowest BCUT2D eigenvalue weighted by Gasteiger charge is -2.14. The lowest BCUT2D eigenvalue weighted by atomic mass is 10.0. The van der Waals surface area contributed by atoms with Gasteiger partial charge in [-0.25, -0.2) is 9.36 Å². The molecule has 0 saturated heterocycles. The Labute approximate surface area is 161 Å². The number of aromatic nitrogens is 6. The number of carbonyl (C=O) groups excluding carboxylic acids is 1. The standard InChI is InChI=1S/C19H21N7O2/c27-17-10-9-16(14-6-2-1-3-7-14)22-25(17)13-11-20-19(28)15-8-4-5-12-26-18(15)21-23-24-26/h1-3,6-7,9-10,15H,4-5,8,11-13H2,(H,20,28)/t15-/m0/s1. The second-order valence-electron chi connectivity index (χ2n) is 6.75. The van der Waals surface area contributed by atoms with Crippen LogP contribution in [0.25, 0.3) is 11.3 Å². The number of benzene rings is 1. The molecule has 3 aromatic rings. The summed E-state index contributed by atoms with van der Waals surface area (Å²) in [5.74, 6) is 0.124. The van der Waals surface area contributed by atoms with E-state index in [1.807, 2.05) is 30.3 Å². The highest BCUT2D eigenvalue weighted by atomic mass is 16.2. The van der Waals surface area contributed by atoms with Gasteiger partial charge in [-0.1, -0.05) is 36.8 Å². The van der Waals surface area contributed by atoms with Gasteiger partial charge in [0.15, 0.2) is 5.82 Å². The molecule has 0 fully saturated rings. The quantitative estimate of drug-likeness (QED) is 0.708. The molecule has 1 amide bonds. The van der Waals surface area contributed by atoms with Crippen molar-refractivity contribution in [3.05, 3.63) is 58.6 Å². The van der Waals surface area contributed by atoms with E-state index in [4.69, 9.17) is 0 Å². The van der Waals surface area contributed by atoms with Gasteiger partial charge in [0.05, 0.1) is 18.2 Å². The number of amides is 1. The first-order valence-corrected chi connectivity index (χ1v) is 9.40. The topological polar surface area (TPSA) is 108 Å². The molecule has 2 aromatic heterocycles. The van der Waals surface area contributed by atoms with Crippen LogP contribution in [0.2, 0.25) is 0 Å². The highest BCUT2D eigenvalue weighted by Gasteiger charge is 2.28. The van der Waals surface area contributed by atoms with Gasteiger partial charge in [0.25, 0.3) is 5.56 Å². The number of hydrogen-bond acceptors (Lipinski definition) is 6. The van der Waals surface area contributed by atoms with E-state index in [-0.39, 0.29) is 17.4 Å². The van der Waals surface area contributed by atoms with Gasteiger partial charge in [-0.3, -0.25) is 9.59 Å². The molecule has 1 aromatic carbocycles. The molecule has 144 valence electrons. The van der Waals surface area contributed by atoms with Crippen molar-refractivity contribution in [1.82, 2.24) is 35.3 Å². The maximum Gasteiger partial charge on any atom is 0.266 e. The summed E-state index contributed by atoms with van der Waals surface area (Å²) in [5.41, 5.74) is 1.45. The van der Waals surface area contributed by atoms with Crippen molar-refractivity contribution in [1.29, 1.82) is 0 Å². The Hall–Kier alpha value is -3.36. The molecule has 28 heavy (non-hydrogen) atoms. The molecule has 9 heteroatoms. The fraction of sp³-hybridized carbons (Fsp3) is 0.368. The fourth-order valence-corrected chi connectivity index (χ4v) is 3.39. The second kappa shape index (κ2) is 8.12. The number of tetrazole rings is 1. The Kier molecular flexibility index (Phi) is 5.22. The van der Waals surface area contributed by atoms with Crippen LogP contribution in [0.3, 0.4) is 0 Å². The molecule has 1 atom stereocenters. The summed E-state index contributed by atoms with van der Waals surface area (Å²) in [6, 6.07) is 12.9. The van der Waals surface area contributed by atoms with Crippen LogP contribution in [0.5, 0.6) is 0 Å². The minimum absolute atomic E-state index is 0.120. The molecule has 4 rings (SSSR count). The molecule has 3 heterocycles. The van der Waals surface area contributed by atoms with Crippen LogP contribution < -0.4 is 10.9 Å². The van der Waals surface area contributed by atoms with Crippen LogP contribution in [-0.4, -0.2) is 42.4 Å². The fourth-order valence-electron chi connectivity index (χ4n) is 3.39. The van der Waals surface area contributed by atoms with E-state index in [9.17, 15) is 9.59 Å². The summed E-state index contributed by atoms with van der Waals surface area (Å²) < 4.78 is 3.08. The summed E-state index contributed by atoms with van der Waals surface area (Å²) in [6.45, 7) is 1.34. The number of nitrogens with zero attached hydrogens (tertiary/aromatic N) is 6. The monoisotopic (exact) mass is 379 g/mol. The third-order valence-corrected chi connectivity index (χ3v) is 4.86. The molecule has 9 nitrogen and oxygen atoms in total. The van der Waals surface area contributed by atoms with Crippen molar-refractivity contribution in [2.75, 3.05) is 6.54 Å². The second-order valence-corrected chi connectivity index (χ2v) is 6.75. The number of nitrogens with one attached hydrogen (secondary N) is 1. The van der Waals surface area contributed by atoms with Gasteiger partial charge in [-0.2, -0.15) is 5.10 Å². The van der Waals surface area contributed by atoms with Gasteiger partial charge in [0.1, 0.15) is 0 Å². The number of hydrogen-bond donors (Lipinski definition) is 1. The first kappa shape index (κ1) is 18.0. The Morgan fingerprint density at radius 2 is 2.00 bits per heavy atom. The number of aryl methyl sites for hydroxylation is 1. The largest absolute Gasteiger partial charge is 0.354 e. The predicted molar refractivity (Wildman–Crippen MR) is 101 cm³/mol. The molecule has 0 aliphatic carbocycles. The van der Waals surface area contributed by atoms with E-state index in [1.54, 1.807) is 10.7 Å². The van der Waals surface area contributed by atoms with Gasteiger partial charge in [-0.15, -0.1) is 5.10 Å². The summed E-state index contributed by atoms with van der Waals surface area (Å²) in [7, 11) is 0. The Morgan fingerprint density at radius 3 is 2.86 bits per heavy atom. The zero-order valence-electron chi connectivity index (χ0n) is 15.4. The van der Waals surface area contributed by atoms with Crippen molar-refractivity contribution in [3.63, 3.8) is 0 Å². The highest BCUT2D eigenvalue weighted by Crippen LogP contribution is 2.23. The number of rotatable bonds is 5. The molecule has 0 unspecified atom stereocenters. The van der Waals surface area contributed by atoms with Crippen LogP contribution in [0, 0.1) is 0 Å². The zero-order chi connectivity index (χ0) is 19.3. The van der Waals surface area contributed by atoms with Gasteiger partial charge in [0.2, 0.25) is 5.91 Å². The number of fused-ring (bicyclic) bond motifs is 1. The van der Waals surface area contributed by atoms with Crippen LogP contribution in [0.15, 0.2) is 47.3 Å². The molecular weight excluding hydrogens is 358 g/mol. The van der Waals surface area contributed by atoms with Crippen molar-refractivity contribution in [3.8, 4) is 11.3 Å². The smallest absolute Gasteiger partial charge is 0.266 e. The Morgan fingerprint density at radius 1 is 1.14 bits per heavy atom. The third kappa shape index (κ3) is 3.83. The maximum atomic E-state index is 12.6. The minimum Gasteiger partial charge on any atom is -0.354 e.